The van der Waals surface area contributed by atoms with E-state index < -0.39 is 6.10 Å². The molecule has 462 valence electrons. The molecule has 0 rings (SSSR count). The van der Waals surface area contributed by atoms with E-state index in [4.69, 9.17) is 14.2 Å². The molecular formula is C75H126O6. The van der Waals surface area contributed by atoms with E-state index in [1.54, 1.807) is 0 Å². The molecule has 0 N–H and O–H groups in total. The average Bonchev–Trinajstić information content (AvgIpc) is 3.46. The van der Waals surface area contributed by atoms with Gasteiger partial charge in [0.15, 0.2) is 6.10 Å². The number of carbonyl (C=O) groups is 3. The van der Waals surface area contributed by atoms with E-state index in [0.717, 1.165) is 122 Å². The zero-order chi connectivity index (χ0) is 58.5. The first-order valence-electron chi connectivity index (χ1n) is 34.0. The summed E-state index contributed by atoms with van der Waals surface area (Å²) in [6.45, 7) is 6.49. The van der Waals surface area contributed by atoms with Crippen molar-refractivity contribution in [3.63, 3.8) is 0 Å². The third kappa shape index (κ3) is 66.5. The Kier molecular flexibility index (Phi) is 64.8. The second kappa shape index (κ2) is 68.3. The number of rotatable bonds is 61. The molecule has 0 bridgehead atoms. The van der Waals surface area contributed by atoms with Gasteiger partial charge in [-0.3, -0.25) is 14.4 Å². The van der Waals surface area contributed by atoms with Crippen LogP contribution in [0.1, 0.15) is 316 Å². The molecule has 0 aliphatic rings. The lowest BCUT2D eigenvalue weighted by Crippen LogP contribution is -2.30. The SMILES string of the molecule is CC/C=C\C/C=C\C/C=C\C/C=C\C/C=C\C/C=C\C/C=C\CCCCCC(=O)OCC(COC(=O)CCCCCCC/C=C\CCCCCC)OC(=O)CCCCCCCCCCCCCCC/C=C\C/C=C\CCCCCCC. The van der Waals surface area contributed by atoms with Crippen LogP contribution < -0.4 is 0 Å². The molecule has 0 amide bonds. The minimum absolute atomic E-state index is 0.0945. The van der Waals surface area contributed by atoms with E-state index in [-0.39, 0.29) is 31.1 Å². The number of carbonyl (C=O) groups excluding carboxylic acids is 3. The zero-order valence-electron chi connectivity index (χ0n) is 53.0. The van der Waals surface area contributed by atoms with E-state index in [1.165, 1.54) is 154 Å². The molecular weight excluding hydrogens is 997 g/mol. The van der Waals surface area contributed by atoms with Crippen molar-refractivity contribution in [2.75, 3.05) is 13.2 Å². The van der Waals surface area contributed by atoms with Crippen molar-refractivity contribution in [2.24, 2.45) is 0 Å². The number of allylic oxidation sites excluding steroid dienone is 20. The molecule has 81 heavy (non-hydrogen) atoms. The molecule has 0 saturated heterocycles. The van der Waals surface area contributed by atoms with E-state index >= 15 is 0 Å². The molecule has 1 atom stereocenters. The van der Waals surface area contributed by atoms with E-state index in [0.29, 0.717) is 19.3 Å². The molecule has 0 aromatic rings. The Morgan fingerprint density at radius 1 is 0.259 bits per heavy atom. The molecule has 0 fully saturated rings. The number of hydrogen-bond donors (Lipinski definition) is 0. The molecule has 0 aliphatic carbocycles. The van der Waals surface area contributed by atoms with E-state index in [1.807, 2.05) is 0 Å². The van der Waals surface area contributed by atoms with Gasteiger partial charge in [-0.1, -0.05) is 284 Å². The summed E-state index contributed by atoms with van der Waals surface area (Å²) >= 11 is 0. The topological polar surface area (TPSA) is 78.9 Å². The maximum Gasteiger partial charge on any atom is 0.306 e. The smallest absolute Gasteiger partial charge is 0.306 e. The summed E-state index contributed by atoms with van der Waals surface area (Å²) in [4.78, 5) is 38.4. The Bertz CT molecular complexity index is 1670. The van der Waals surface area contributed by atoms with Crippen molar-refractivity contribution in [1.29, 1.82) is 0 Å². The fourth-order valence-electron chi connectivity index (χ4n) is 9.33. The lowest BCUT2D eigenvalue weighted by molar-refractivity contribution is -0.167. The van der Waals surface area contributed by atoms with Gasteiger partial charge in [0.25, 0.3) is 0 Å². The van der Waals surface area contributed by atoms with Crippen molar-refractivity contribution in [1.82, 2.24) is 0 Å². The lowest BCUT2D eigenvalue weighted by Gasteiger charge is -2.18. The summed E-state index contributed by atoms with van der Waals surface area (Å²) in [6.07, 6.45) is 95.0. The van der Waals surface area contributed by atoms with Crippen molar-refractivity contribution in [3.8, 4) is 0 Å². The van der Waals surface area contributed by atoms with Crippen LogP contribution in [0.4, 0.5) is 0 Å². The van der Waals surface area contributed by atoms with Crippen LogP contribution in [0.3, 0.4) is 0 Å². The normalized spacial score (nSPS) is 12.9. The van der Waals surface area contributed by atoms with Crippen molar-refractivity contribution in [3.05, 3.63) is 122 Å². The summed E-state index contributed by atoms with van der Waals surface area (Å²) in [7, 11) is 0. The van der Waals surface area contributed by atoms with Gasteiger partial charge in [0.2, 0.25) is 0 Å². The molecule has 1 unspecified atom stereocenters. The standard InChI is InChI=1S/C75H126O6/c1-4-7-10-13-16-19-22-25-27-29-31-33-35-37-39-41-43-45-47-50-53-56-59-62-65-68-74(77)80-71-72(70-79-73(76)67-64-61-58-55-52-49-24-21-18-15-12-9-6-3)81-75(78)69-66-63-60-57-54-51-48-46-44-42-40-38-36-34-32-30-28-26-23-20-17-14-11-8-5-2/h7,10,16,19,21,23-27,30-33,37,39,43,45,50,53,72H,4-6,8-9,11-15,17-18,20,22,28-29,34-36,38,40-42,44,46-49,51-52,54-71H2,1-3H3/b10-7-,19-16-,24-21-,26-23-,27-25-,32-30-,33-31-,39-37-,45-43-,53-50-. The summed E-state index contributed by atoms with van der Waals surface area (Å²) in [5, 5.41) is 0. The van der Waals surface area contributed by atoms with E-state index in [2.05, 4.69) is 142 Å². The first-order chi connectivity index (χ1) is 40.0. The third-order valence-electron chi connectivity index (χ3n) is 14.4. The van der Waals surface area contributed by atoms with E-state index in [9.17, 15) is 14.4 Å². The second-order valence-corrected chi connectivity index (χ2v) is 22.3. The van der Waals surface area contributed by atoms with Crippen molar-refractivity contribution >= 4 is 17.9 Å². The van der Waals surface area contributed by atoms with Crippen LogP contribution in [-0.2, 0) is 28.6 Å². The fraction of sp³-hybridized carbons (Fsp3) is 0.693. The molecule has 0 saturated carbocycles. The van der Waals surface area contributed by atoms with Crippen LogP contribution in [-0.4, -0.2) is 37.2 Å². The predicted molar refractivity (Wildman–Crippen MR) is 353 cm³/mol. The Labute approximate surface area is 501 Å². The van der Waals surface area contributed by atoms with Crippen LogP contribution in [0.25, 0.3) is 0 Å². The summed E-state index contributed by atoms with van der Waals surface area (Å²) in [5.74, 6) is -0.930. The van der Waals surface area contributed by atoms with Gasteiger partial charge in [-0.25, -0.2) is 0 Å². The number of unbranched alkanes of at least 4 members (excludes halogenated alkanes) is 30. The molecule has 0 heterocycles. The highest BCUT2D eigenvalue weighted by Gasteiger charge is 2.19. The maximum absolute atomic E-state index is 12.9. The maximum atomic E-state index is 12.9. The molecule has 0 aromatic heterocycles. The van der Waals surface area contributed by atoms with Gasteiger partial charge in [-0.05, 0) is 135 Å². The number of esters is 3. The Hall–Kier alpha value is -4.19. The molecule has 6 heteroatoms. The molecule has 0 aliphatic heterocycles. The van der Waals surface area contributed by atoms with Gasteiger partial charge in [-0.15, -0.1) is 0 Å². The van der Waals surface area contributed by atoms with Crippen LogP contribution in [0.5, 0.6) is 0 Å². The Morgan fingerprint density at radius 2 is 0.481 bits per heavy atom. The Balaban J connectivity index is 4.39. The van der Waals surface area contributed by atoms with Gasteiger partial charge < -0.3 is 14.2 Å². The second-order valence-electron chi connectivity index (χ2n) is 22.3. The molecule has 6 nitrogen and oxygen atoms in total. The average molecular weight is 1120 g/mol. The largest absolute Gasteiger partial charge is 0.462 e. The summed E-state index contributed by atoms with van der Waals surface area (Å²) < 4.78 is 16.9. The van der Waals surface area contributed by atoms with Crippen LogP contribution in [0.2, 0.25) is 0 Å². The minimum atomic E-state index is -0.800. The first kappa shape index (κ1) is 76.8. The van der Waals surface area contributed by atoms with Gasteiger partial charge in [0, 0.05) is 19.3 Å². The van der Waals surface area contributed by atoms with Gasteiger partial charge in [0.1, 0.15) is 13.2 Å². The number of hydrogen-bond acceptors (Lipinski definition) is 6. The van der Waals surface area contributed by atoms with Gasteiger partial charge >= 0.3 is 17.9 Å². The van der Waals surface area contributed by atoms with Crippen molar-refractivity contribution < 1.29 is 28.6 Å². The fourth-order valence-corrected chi connectivity index (χ4v) is 9.33. The minimum Gasteiger partial charge on any atom is -0.462 e. The molecule has 0 radical (unpaired) electrons. The van der Waals surface area contributed by atoms with Crippen LogP contribution in [0.15, 0.2) is 122 Å². The van der Waals surface area contributed by atoms with Gasteiger partial charge in [-0.2, -0.15) is 0 Å². The van der Waals surface area contributed by atoms with Crippen LogP contribution in [0, 0.1) is 0 Å². The predicted octanol–water partition coefficient (Wildman–Crippen LogP) is 23.6. The number of ether oxygens (including phenoxy) is 3. The lowest BCUT2D eigenvalue weighted by atomic mass is 10.0. The zero-order valence-corrected chi connectivity index (χ0v) is 53.0. The van der Waals surface area contributed by atoms with Crippen molar-refractivity contribution in [2.45, 2.75) is 322 Å². The quantitative estimate of drug-likeness (QED) is 0.0261. The van der Waals surface area contributed by atoms with Crippen LogP contribution >= 0.6 is 0 Å². The third-order valence-corrected chi connectivity index (χ3v) is 14.4. The highest BCUT2D eigenvalue weighted by molar-refractivity contribution is 5.71. The monoisotopic (exact) mass is 1120 g/mol. The van der Waals surface area contributed by atoms with Gasteiger partial charge in [0.05, 0.1) is 0 Å². The first-order valence-corrected chi connectivity index (χ1v) is 34.0. The summed E-state index contributed by atoms with van der Waals surface area (Å²) in [5.41, 5.74) is 0. The Morgan fingerprint density at radius 3 is 0.790 bits per heavy atom. The summed E-state index contributed by atoms with van der Waals surface area (Å²) in [6, 6.07) is 0. The molecule has 0 spiro atoms. The highest BCUT2D eigenvalue weighted by atomic mass is 16.6. The molecule has 0 aromatic carbocycles. The highest BCUT2D eigenvalue weighted by Crippen LogP contribution is 2.16.